The molecule has 12 heavy (non-hydrogen) atoms. The molecule has 0 amide bonds. The lowest BCUT2D eigenvalue weighted by molar-refractivity contribution is 0.147. The number of hydrogen-bond acceptors (Lipinski definition) is 0. The third kappa shape index (κ3) is 2.80. The molecule has 1 aliphatic carbocycles. The molecule has 1 rings (SSSR count). The van der Waals surface area contributed by atoms with E-state index < -0.39 is 0 Å². The van der Waals surface area contributed by atoms with Gasteiger partial charge in [-0.05, 0) is 24.7 Å². The second kappa shape index (κ2) is 5.61. The molecule has 2 unspecified atom stereocenters. The summed E-state index contributed by atoms with van der Waals surface area (Å²) in [5.74, 6) is 2.24. The molecular formula is C12H24. The van der Waals surface area contributed by atoms with Crippen LogP contribution in [0, 0.1) is 11.8 Å². The first-order valence-corrected chi connectivity index (χ1v) is 5.88. The lowest BCUT2D eigenvalue weighted by Gasteiger charge is -2.37. The van der Waals surface area contributed by atoms with Crippen molar-refractivity contribution in [3.05, 3.63) is 0 Å². The van der Waals surface area contributed by atoms with E-state index in [1.54, 1.807) is 0 Å². The van der Waals surface area contributed by atoms with Crippen LogP contribution in [-0.4, -0.2) is 0 Å². The maximum absolute atomic E-state index is 2.31. The van der Waals surface area contributed by atoms with Gasteiger partial charge in [0.05, 0.1) is 0 Å². The van der Waals surface area contributed by atoms with Gasteiger partial charge in [-0.2, -0.15) is 0 Å². The molecule has 0 bridgehead atoms. The molecule has 0 heterocycles. The van der Waals surface area contributed by atoms with E-state index >= 15 is 0 Å². The molecule has 1 saturated carbocycles. The Morgan fingerprint density at radius 2 is 1.25 bits per heavy atom. The van der Waals surface area contributed by atoms with Crippen LogP contribution >= 0.6 is 0 Å². The summed E-state index contributed by atoms with van der Waals surface area (Å²) in [6.07, 6.45) is 11.8. The Balaban J connectivity index is 2.03. The highest BCUT2D eigenvalue weighted by Gasteiger charge is 2.28. The van der Waals surface area contributed by atoms with Crippen LogP contribution < -0.4 is 0 Å². The van der Waals surface area contributed by atoms with Gasteiger partial charge in [0.15, 0.2) is 0 Å². The van der Waals surface area contributed by atoms with E-state index in [0.717, 1.165) is 11.8 Å². The Labute approximate surface area is 77.7 Å². The molecule has 0 spiro atoms. The lowest BCUT2D eigenvalue weighted by atomic mass is 9.69. The van der Waals surface area contributed by atoms with Gasteiger partial charge in [0.25, 0.3) is 0 Å². The number of unbranched alkanes of at least 4 members (excludes halogenated alkanes) is 2. The van der Waals surface area contributed by atoms with E-state index in [9.17, 15) is 0 Å². The number of rotatable bonds is 6. The smallest absolute Gasteiger partial charge is 0.0386 e. The second-order valence-electron chi connectivity index (χ2n) is 4.38. The minimum atomic E-state index is 1.12. The molecule has 0 aromatic carbocycles. The molecular weight excluding hydrogens is 144 g/mol. The predicted octanol–water partition coefficient (Wildman–Crippen LogP) is 4.39. The normalized spacial score (nSPS) is 28.5. The SMILES string of the molecule is CCCCC1CCC1CCCC. The van der Waals surface area contributed by atoms with Gasteiger partial charge in [0.1, 0.15) is 0 Å². The predicted molar refractivity (Wildman–Crippen MR) is 55.3 cm³/mol. The molecule has 0 aliphatic heterocycles. The zero-order chi connectivity index (χ0) is 8.81. The summed E-state index contributed by atoms with van der Waals surface area (Å²) in [7, 11) is 0. The Morgan fingerprint density at radius 1 is 0.833 bits per heavy atom. The largest absolute Gasteiger partial charge is 0.0654 e. The molecule has 0 heteroatoms. The molecule has 0 N–H and O–H groups in total. The summed E-state index contributed by atoms with van der Waals surface area (Å²) in [5, 5.41) is 0. The van der Waals surface area contributed by atoms with Gasteiger partial charge in [-0.15, -0.1) is 0 Å². The molecule has 0 aromatic rings. The third-order valence-electron chi connectivity index (χ3n) is 3.43. The highest BCUT2D eigenvalue weighted by molar-refractivity contribution is 4.80. The van der Waals surface area contributed by atoms with Crippen LogP contribution in [-0.2, 0) is 0 Å². The van der Waals surface area contributed by atoms with E-state index in [1.165, 1.54) is 51.4 Å². The van der Waals surface area contributed by atoms with Crippen molar-refractivity contribution in [3.63, 3.8) is 0 Å². The molecule has 2 atom stereocenters. The first-order valence-electron chi connectivity index (χ1n) is 5.88. The standard InChI is InChI=1S/C12H24/c1-3-5-7-11-9-10-12(11)8-6-4-2/h11-12H,3-10H2,1-2H3. The van der Waals surface area contributed by atoms with Crippen LogP contribution in [0.4, 0.5) is 0 Å². The van der Waals surface area contributed by atoms with Crippen LogP contribution in [0.5, 0.6) is 0 Å². The highest BCUT2D eigenvalue weighted by atomic mass is 14.3. The summed E-state index contributed by atoms with van der Waals surface area (Å²) < 4.78 is 0. The van der Waals surface area contributed by atoms with Crippen LogP contribution in [0.1, 0.15) is 65.2 Å². The fourth-order valence-electron chi connectivity index (χ4n) is 2.33. The monoisotopic (exact) mass is 168 g/mol. The van der Waals surface area contributed by atoms with Crippen LogP contribution in [0.2, 0.25) is 0 Å². The lowest BCUT2D eigenvalue weighted by Crippen LogP contribution is -2.25. The van der Waals surface area contributed by atoms with Crippen molar-refractivity contribution in [2.24, 2.45) is 11.8 Å². The second-order valence-corrected chi connectivity index (χ2v) is 4.38. The van der Waals surface area contributed by atoms with E-state index in [2.05, 4.69) is 13.8 Å². The quantitative estimate of drug-likeness (QED) is 0.551. The maximum atomic E-state index is 2.31. The van der Waals surface area contributed by atoms with Crippen molar-refractivity contribution < 1.29 is 0 Å². The van der Waals surface area contributed by atoms with E-state index in [-0.39, 0.29) is 0 Å². The van der Waals surface area contributed by atoms with Gasteiger partial charge in [-0.3, -0.25) is 0 Å². The van der Waals surface area contributed by atoms with Crippen molar-refractivity contribution in [2.45, 2.75) is 65.2 Å². The van der Waals surface area contributed by atoms with Crippen LogP contribution in [0.25, 0.3) is 0 Å². The zero-order valence-electron chi connectivity index (χ0n) is 8.81. The number of hydrogen-bond donors (Lipinski definition) is 0. The van der Waals surface area contributed by atoms with E-state index in [1.807, 2.05) is 0 Å². The summed E-state index contributed by atoms with van der Waals surface area (Å²) in [5.41, 5.74) is 0. The fraction of sp³-hybridized carbons (Fsp3) is 1.00. The molecule has 0 aromatic heterocycles. The average Bonchev–Trinajstić information content (AvgIpc) is 2.04. The summed E-state index contributed by atoms with van der Waals surface area (Å²) in [6.45, 7) is 4.61. The van der Waals surface area contributed by atoms with Gasteiger partial charge in [-0.25, -0.2) is 0 Å². The summed E-state index contributed by atoms with van der Waals surface area (Å²) in [4.78, 5) is 0. The molecule has 0 nitrogen and oxygen atoms in total. The molecule has 1 aliphatic rings. The van der Waals surface area contributed by atoms with Crippen molar-refractivity contribution in [3.8, 4) is 0 Å². The van der Waals surface area contributed by atoms with Crippen molar-refractivity contribution in [1.29, 1.82) is 0 Å². The Hall–Kier alpha value is 0. The Morgan fingerprint density at radius 3 is 1.50 bits per heavy atom. The van der Waals surface area contributed by atoms with Gasteiger partial charge >= 0.3 is 0 Å². The van der Waals surface area contributed by atoms with Crippen molar-refractivity contribution in [1.82, 2.24) is 0 Å². The summed E-state index contributed by atoms with van der Waals surface area (Å²) in [6, 6.07) is 0. The van der Waals surface area contributed by atoms with Crippen LogP contribution in [0.3, 0.4) is 0 Å². The fourth-order valence-corrected chi connectivity index (χ4v) is 2.33. The topological polar surface area (TPSA) is 0 Å². The third-order valence-corrected chi connectivity index (χ3v) is 3.43. The van der Waals surface area contributed by atoms with E-state index in [4.69, 9.17) is 0 Å². The maximum Gasteiger partial charge on any atom is -0.0386 e. The van der Waals surface area contributed by atoms with E-state index in [0.29, 0.717) is 0 Å². The van der Waals surface area contributed by atoms with Gasteiger partial charge in [-0.1, -0.05) is 52.4 Å². The highest BCUT2D eigenvalue weighted by Crippen LogP contribution is 2.40. The van der Waals surface area contributed by atoms with Gasteiger partial charge in [0.2, 0.25) is 0 Å². The Bertz CT molecular complexity index is 92.6. The zero-order valence-corrected chi connectivity index (χ0v) is 8.81. The first-order chi connectivity index (χ1) is 5.88. The van der Waals surface area contributed by atoms with Crippen molar-refractivity contribution >= 4 is 0 Å². The molecule has 72 valence electrons. The minimum Gasteiger partial charge on any atom is -0.0654 e. The van der Waals surface area contributed by atoms with Gasteiger partial charge in [0, 0.05) is 0 Å². The van der Waals surface area contributed by atoms with Crippen LogP contribution in [0.15, 0.2) is 0 Å². The minimum absolute atomic E-state index is 1.12. The summed E-state index contributed by atoms with van der Waals surface area (Å²) >= 11 is 0. The molecule has 1 fully saturated rings. The molecule has 0 saturated heterocycles. The first kappa shape index (κ1) is 10.1. The van der Waals surface area contributed by atoms with Crippen molar-refractivity contribution in [2.75, 3.05) is 0 Å². The van der Waals surface area contributed by atoms with Gasteiger partial charge < -0.3 is 0 Å². The molecule has 0 radical (unpaired) electrons. The Kier molecular flexibility index (Phi) is 4.72. The average molecular weight is 168 g/mol.